The highest BCUT2D eigenvalue weighted by Crippen LogP contribution is 2.14. The molecule has 0 saturated carbocycles. The van der Waals surface area contributed by atoms with Crippen molar-refractivity contribution < 1.29 is 15.0 Å². The van der Waals surface area contributed by atoms with Crippen molar-refractivity contribution in [2.24, 2.45) is 11.7 Å². The molecule has 0 aromatic heterocycles. The number of hydrogen-bond acceptors (Lipinski definition) is 3. The molecule has 64 valence electrons. The summed E-state index contributed by atoms with van der Waals surface area (Å²) in [5.41, 5.74) is 5.55. The molecule has 1 aliphatic heterocycles. The molecule has 11 heavy (non-hydrogen) atoms. The second-order valence-electron chi connectivity index (χ2n) is 2.79. The van der Waals surface area contributed by atoms with Gasteiger partial charge >= 0.3 is 6.09 Å². The fourth-order valence-electron chi connectivity index (χ4n) is 1.25. The molecule has 1 amide bonds. The van der Waals surface area contributed by atoms with Crippen molar-refractivity contribution in [3.05, 3.63) is 0 Å². The number of carbonyl (C=O) groups is 1. The molecule has 0 aliphatic carbocycles. The lowest BCUT2D eigenvalue weighted by atomic mass is 10.1. The van der Waals surface area contributed by atoms with Crippen molar-refractivity contribution in [2.45, 2.75) is 6.04 Å². The molecule has 1 heterocycles. The fraction of sp³-hybridized carbons (Fsp3) is 0.833. The first-order valence-corrected chi connectivity index (χ1v) is 3.49. The quantitative estimate of drug-likeness (QED) is 0.455. The predicted octanol–water partition coefficient (Wildman–Crippen LogP) is -1.08. The lowest BCUT2D eigenvalue weighted by Gasteiger charge is -2.09. The number of hydrogen-bond donors (Lipinski definition) is 3. The summed E-state index contributed by atoms with van der Waals surface area (Å²) >= 11 is 0. The van der Waals surface area contributed by atoms with Crippen molar-refractivity contribution in [3.63, 3.8) is 0 Å². The molecule has 1 saturated heterocycles. The second kappa shape index (κ2) is 3.06. The minimum atomic E-state index is -0.962. The maximum absolute atomic E-state index is 10.4. The third-order valence-electron chi connectivity index (χ3n) is 2.00. The van der Waals surface area contributed by atoms with Crippen LogP contribution in [0.4, 0.5) is 4.79 Å². The number of aliphatic hydroxyl groups excluding tert-OH is 1. The van der Waals surface area contributed by atoms with E-state index in [9.17, 15) is 4.79 Å². The minimum absolute atomic E-state index is 0.0368. The second-order valence-corrected chi connectivity index (χ2v) is 2.79. The van der Waals surface area contributed by atoms with Crippen LogP contribution in [-0.4, -0.2) is 46.9 Å². The summed E-state index contributed by atoms with van der Waals surface area (Å²) in [5.74, 6) is -0.0916. The Balaban J connectivity index is 2.49. The Hall–Kier alpha value is -0.810. The molecule has 0 bridgehead atoms. The van der Waals surface area contributed by atoms with Crippen LogP contribution in [0.1, 0.15) is 0 Å². The van der Waals surface area contributed by atoms with Crippen LogP contribution in [0.5, 0.6) is 0 Å². The summed E-state index contributed by atoms with van der Waals surface area (Å²) in [7, 11) is 0. The smallest absolute Gasteiger partial charge is 0.407 e. The number of rotatable bonds is 1. The highest BCUT2D eigenvalue weighted by Gasteiger charge is 2.31. The predicted molar refractivity (Wildman–Crippen MR) is 38.1 cm³/mol. The standard InChI is InChI=1S/C6H12N2O3/c7-5-2-8(6(10)11)1-4(5)3-9/h4-5,9H,1-3,7H2,(H,10,11). The monoisotopic (exact) mass is 160 g/mol. The average Bonchev–Trinajstić information content (AvgIpc) is 2.31. The Bertz CT molecular complexity index is 162. The summed E-state index contributed by atoms with van der Waals surface area (Å²) in [6.45, 7) is 0.651. The highest BCUT2D eigenvalue weighted by molar-refractivity contribution is 5.65. The number of likely N-dealkylation sites (tertiary alicyclic amines) is 1. The van der Waals surface area contributed by atoms with Gasteiger partial charge in [0.05, 0.1) is 0 Å². The third kappa shape index (κ3) is 1.61. The van der Waals surface area contributed by atoms with E-state index in [0.717, 1.165) is 0 Å². The van der Waals surface area contributed by atoms with Gasteiger partial charge in [0, 0.05) is 31.7 Å². The van der Waals surface area contributed by atoms with Crippen LogP contribution in [-0.2, 0) is 0 Å². The van der Waals surface area contributed by atoms with Gasteiger partial charge in [-0.05, 0) is 0 Å². The van der Waals surface area contributed by atoms with Gasteiger partial charge in [0.15, 0.2) is 0 Å². The van der Waals surface area contributed by atoms with E-state index in [1.54, 1.807) is 0 Å². The molecule has 5 heteroatoms. The summed E-state index contributed by atoms with van der Waals surface area (Å²) in [5, 5.41) is 17.3. The summed E-state index contributed by atoms with van der Waals surface area (Å²) in [4.78, 5) is 11.6. The van der Waals surface area contributed by atoms with Gasteiger partial charge in [-0.1, -0.05) is 0 Å². The first kappa shape index (κ1) is 8.29. The van der Waals surface area contributed by atoms with Gasteiger partial charge < -0.3 is 20.8 Å². The molecule has 1 rings (SSSR count). The number of aliphatic hydroxyl groups is 1. The zero-order chi connectivity index (χ0) is 8.43. The maximum atomic E-state index is 10.4. The van der Waals surface area contributed by atoms with E-state index >= 15 is 0 Å². The van der Waals surface area contributed by atoms with Crippen LogP contribution in [0.25, 0.3) is 0 Å². The Morgan fingerprint density at radius 3 is 2.55 bits per heavy atom. The molecule has 1 fully saturated rings. The van der Waals surface area contributed by atoms with Crippen molar-refractivity contribution in [3.8, 4) is 0 Å². The van der Waals surface area contributed by atoms with Gasteiger partial charge in [-0.15, -0.1) is 0 Å². The maximum Gasteiger partial charge on any atom is 0.407 e. The van der Waals surface area contributed by atoms with Gasteiger partial charge in [-0.3, -0.25) is 0 Å². The van der Waals surface area contributed by atoms with Crippen LogP contribution in [0.3, 0.4) is 0 Å². The zero-order valence-electron chi connectivity index (χ0n) is 6.10. The third-order valence-corrected chi connectivity index (χ3v) is 2.00. The topological polar surface area (TPSA) is 86.8 Å². The van der Waals surface area contributed by atoms with Gasteiger partial charge in [0.2, 0.25) is 0 Å². The Morgan fingerprint density at radius 1 is 1.64 bits per heavy atom. The number of carboxylic acid groups (broad SMARTS) is 1. The normalized spacial score (nSPS) is 30.9. The molecule has 2 atom stereocenters. The molecule has 4 N–H and O–H groups in total. The molecule has 0 aromatic carbocycles. The summed E-state index contributed by atoms with van der Waals surface area (Å²) in [6, 6.07) is -0.212. The van der Waals surface area contributed by atoms with E-state index < -0.39 is 6.09 Å². The Kier molecular flexibility index (Phi) is 2.31. The van der Waals surface area contributed by atoms with Crippen LogP contribution in [0.2, 0.25) is 0 Å². The van der Waals surface area contributed by atoms with Crippen LogP contribution >= 0.6 is 0 Å². The Labute approximate surface area is 64.4 Å². The Morgan fingerprint density at radius 2 is 2.27 bits per heavy atom. The molecular formula is C6H12N2O3. The molecule has 0 spiro atoms. The van der Waals surface area contributed by atoms with E-state index in [-0.39, 0.29) is 18.6 Å². The number of nitrogens with two attached hydrogens (primary N) is 1. The van der Waals surface area contributed by atoms with Gasteiger partial charge in [-0.2, -0.15) is 0 Å². The van der Waals surface area contributed by atoms with Crippen molar-refractivity contribution in [1.29, 1.82) is 0 Å². The molecular weight excluding hydrogens is 148 g/mol. The van der Waals surface area contributed by atoms with Crippen LogP contribution in [0.15, 0.2) is 0 Å². The summed E-state index contributed by atoms with van der Waals surface area (Å²) in [6.07, 6.45) is -0.962. The molecule has 5 nitrogen and oxygen atoms in total. The van der Waals surface area contributed by atoms with Crippen molar-refractivity contribution in [1.82, 2.24) is 4.90 Å². The molecule has 0 aromatic rings. The van der Waals surface area contributed by atoms with E-state index in [2.05, 4.69) is 0 Å². The summed E-state index contributed by atoms with van der Waals surface area (Å²) < 4.78 is 0. The first-order valence-electron chi connectivity index (χ1n) is 3.49. The molecule has 2 unspecified atom stereocenters. The van der Waals surface area contributed by atoms with Gasteiger partial charge in [0.25, 0.3) is 0 Å². The first-order chi connectivity index (χ1) is 5.15. The SMILES string of the molecule is NC1CN(C(=O)O)CC1CO. The lowest BCUT2D eigenvalue weighted by molar-refractivity contribution is 0.150. The minimum Gasteiger partial charge on any atom is -0.465 e. The van der Waals surface area contributed by atoms with E-state index in [4.69, 9.17) is 15.9 Å². The van der Waals surface area contributed by atoms with Crippen LogP contribution in [0, 0.1) is 5.92 Å². The highest BCUT2D eigenvalue weighted by atomic mass is 16.4. The molecule has 1 aliphatic rings. The van der Waals surface area contributed by atoms with Gasteiger partial charge in [-0.25, -0.2) is 4.79 Å². The lowest BCUT2D eigenvalue weighted by Crippen LogP contribution is -2.32. The zero-order valence-corrected chi connectivity index (χ0v) is 6.10. The molecule has 0 radical (unpaired) electrons. The largest absolute Gasteiger partial charge is 0.465 e. The van der Waals surface area contributed by atoms with Gasteiger partial charge in [0.1, 0.15) is 0 Å². The van der Waals surface area contributed by atoms with Crippen molar-refractivity contribution >= 4 is 6.09 Å². The average molecular weight is 160 g/mol. The fourth-order valence-corrected chi connectivity index (χ4v) is 1.25. The van der Waals surface area contributed by atoms with E-state index in [1.165, 1.54) is 4.90 Å². The van der Waals surface area contributed by atoms with Crippen molar-refractivity contribution in [2.75, 3.05) is 19.7 Å². The number of amides is 1. The number of nitrogens with zero attached hydrogens (tertiary/aromatic N) is 1. The van der Waals surface area contributed by atoms with Crippen LogP contribution < -0.4 is 5.73 Å². The van der Waals surface area contributed by atoms with E-state index in [0.29, 0.717) is 13.1 Å². The van der Waals surface area contributed by atoms with E-state index in [1.807, 2.05) is 0 Å².